The highest BCUT2D eigenvalue weighted by atomic mass is 32.2. The van der Waals surface area contributed by atoms with E-state index in [4.69, 9.17) is 4.74 Å². The van der Waals surface area contributed by atoms with Crippen LogP contribution < -0.4 is 9.46 Å². The SMILES string of the molecule is O=S(Nc1cccnn1)c1cc(F)c(Oc2cc(C(F)(F)F)cc(C(F)(F)F)c2)cc1F. The standard InChI is InChI=1S/C18H9F8N3O2S/c19-12-8-15(32(30)29-16-2-1-3-27-28-16)13(20)7-14(12)31-11-5-9(17(21,22)23)4-10(6-11)18(24,25)26/h1-8H,(H,28,29). The van der Waals surface area contributed by atoms with Crippen LogP contribution in [-0.2, 0) is 23.3 Å². The van der Waals surface area contributed by atoms with Gasteiger partial charge in [-0.15, -0.1) is 5.10 Å². The van der Waals surface area contributed by atoms with E-state index in [9.17, 15) is 39.3 Å². The number of aromatic nitrogens is 2. The minimum atomic E-state index is -5.16. The molecule has 0 saturated carbocycles. The predicted molar refractivity (Wildman–Crippen MR) is 94.9 cm³/mol. The Hall–Kier alpha value is -3.29. The smallest absolute Gasteiger partial charge is 0.416 e. The van der Waals surface area contributed by atoms with E-state index in [1.807, 2.05) is 0 Å². The highest BCUT2D eigenvalue weighted by Crippen LogP contribution is 2.39. The second kappa shape index (κ2) is 8.68. The molecule has 14 heteroatoms. The van der Waals surface area contributed by atoms with Crippen molar-refractivity contribution in [2.75, 3.05) is 4.72 Å². The van der Waals surface area contributed by atoms with Gasteiger partial charge in [0.1, 0.15) is 11.6 Å². The van der Waals surface area contributed by atoms with Crippen LogP contribution in [0.25, 0.3) is 0 Å². The summed E-state index contributed by atoms with van der Waals surface area (Å²) in [5, 5.41) is 7.03. The molecule has 1 heterocycles. The van der Waals surface area contributed by atoms with Gasteiger partial charge in [0.15, 0.2) is 28.4 Å². The summed E-state index contributed by atoms with van der Waals surface area (Å²) in [6.45, 7) is 0. The zero-order valence-electron chi connectivity index (χ0n) is 15.3. The summed E-state index contributed by atoms with van der Waals surface area (Å²) < 4.78 is 125. The Balaban J connectivity index is 1.93. The Morgan fingerprint density at radius 3 is 2.03 bits per heavy atom. The molecule has 2 aromatic carbocycles. The molecule has 0 fully saturated rings. The molecule has 1 unspecified atom stereocenters. The van der Waals surface area contributed by atoms with Crippen molar-refractivity contribution in [3.8, 4) is 11.5 Å². The number of anilines is 1. The first-order valence-electron chi connectivity index (χ1n) is 8.27. The number of halogens is 8. The normalized spacial score (nSPS) is 13.0. The summed E-state index contributed by atoms with van der Waals surface area (Å²) in [5.74, 6) is -4.78. The molecular weight excluding hydrogens is 474 g/mol. The first kappa shape index (κ1) is 23.4. The third kappa shape index (κ3) is 5.49. The number of nitrogens with zero attached hydrogens (tertiary/aromatic N) is 2. The van der Waals surface area contributed by atoms with Crippen LogP contribution in [0.2, 0.25) is 0 Å². The number of hydrogen-bond acceptors (Lipinski definition) is 4. The molecule has 170 valence electrons. The molecule has 3 rings (SSSR count). The molecule has 1 N–H and O–H groups in total. The van der Waals surface area contributed by atoms with E-state index < -0.39 is 62.5 Å². The Labute approximate surface area is 176 Å². The second-order valence-corrected chi connectivity index (χ2v) is 7.22. The summed E-state index contributed by atoms with van der Waals surface area (Å²) in [4.78, 5) is -0.708. The number of alkyl halides is 6. The quantitative estimate of drug-likeness (QED) is 0.472. The minimum absolute atomic E-state index is 0.0328. The maximum Gasteiger partial charge on any atom is 0.416 e. The van der Waals surface area contributed by atoms with Gasteiger partial charge in [-0.05, 0) is 36.4 Å². The van der Waals surface area contributed by atoms with Crippen molar-refractivity contribution in [1.82, 2.24) is 10.2 Å². The van der Waals surface area contributed by atoms with Gasteiger partial charge >= 0.3 is 12.4 Å². The molecule has 0 radical (unpaired) electrons. The van der Waals surface area contributed by atoms with Gasteiger partial charge < -0.3 is 4.74 Å². The van der Waals surface area contributed by atoms with Crippen molar-refractivity contribution in [2.45, 2.75) is 17.2 Å². The molecule has 0 aliphatic carbocycles. The third-order valence-electron chi connectivity index (χ3n) is 3.74. The van der Waals surface area contributed by atoms with Crippen molar-refractivity contribution in [3.05, 3.63) is 71.4 Å². The van der Waals surface area contributed by atoms with Crippen molar-refractivity contribution in [1.29, 1.82) is 0 Å². The third-order valence-corrected chi connectivity index (χ3v) is 4.85. The average molecular weight is 483 g/mol. The highest BCUT2D eigenvalue weighted by molar-refractivity contribution is 7.86. The summed E-state index contributed by atoms with van der Waals surface area (Å²) in [6, 6.07) is 3.78. The lowest BCUT2D eigenvalue weighted by atomic mass is 10.1. The van der Waals surface area contributed by atoms with E-state index in [1.165, 1.54) is 18.3 Å². The number of benzene rings is 2. The van der Waals surface area contributed by atoms with Crippen LogP contribution in [0.15, 0.2) is 53.6 Å². The van der Waals surface area contributed by atoms with Crippen LogP contribution in [0.1, 0.15) is 11.1 Å². The van der Waals surface area contributed by atoms with Gasteiger partial charge in [-0.2, -0.15) is 31.4 Å². The lowest BCUT2D eigenvalue weighted by Gasteiger charge is -2.15. The van der Waals surface area contributed by atoms with Crippen molar-refractivity contribution in [3.63, 3.8) is 0 Å². The molecule has 1 atom stereocenters. The number of nitrogens with one attached hydrogen (secondary N) is 1. The van der Waals surface area contributed by atoms with E-state index in [-0.39, 0.29) is 24.0 Å². The average Bonchev–Trinajstić information content (AvgIpc) is 2.69. The van der Waals surface area contributed by atoms with Crippen molar-refractivity contribution in [2.24, 2.45) is 0 Å². The fraction of sp³-hybridized carbons (Fsp3) is 0.111. The van der Waals surface area contributed by atoms with Gasteiger partial charge in [0.2, 0.25) is 0 Å². The summed E-state index contributed by atoms with van der Waals surface area (Å²) in [6.07, 6.45) is -9.01. The van der Waals surface area contributed by atoms with Crippen LogP contribution >= 0.6 is 0 Å². The van der Waals surface area contributed by atoms with E-state index >= 15 is 0 Å². The Morgan fingerprint density at radius 1 is 0.875 bits per heavy atom. The maximum absolute atomic E-state index is 14.4. The van der Waals surface area contributed by atoms with Crippen LogP contribution in [0.3, 0.4) is 0 Å². The molecular formula is C18H9F8N3O2S. The molecule has 1 aromatic heterocycles. The van der Waals surface area contributed by atoms with Gasteiger partial charge in [-0.3, -0.25) is 4.72 Å². The largest absolute Gasteiger partial charge is 0.454 e. The van der Waals surface area contributed by atoms with Crippen molar-refractivity contribution >= 4 is 16.8 Å². The van der Waals surface area contributed by atoms with Gasteiger partial charge in [-0.1, -0.05) is 0 Å². The van der Waals surface area contributed by atoms with Crippen LogP contribution in [0.5, 0.6) is 11.5 Å². The highest BCUT2D eigenvalue weighted by Gasteiger charge is 2.37. The van der Waals surface area contributed by atoms with E-state index in [0.717, 1.165) is 0 Å². The number of ether oxygens (including phenoxy) is 1. The molecule has 0 aliphatic heterocycles. The van der Waals surface area contributed by atoms with E-state index in [1.54, 1.807) is 0 Å². The second-order valence-electron chi connectivity index (χ2n) is 6.04. The molecule has 32 heavy (non-hydrogen) atoms. The minimum Gasteiger partial charge on any atom is -0.454 e. The van der Waals surface area contributed by atoms with Crippen molar-refractivity contribution < 1.29 is 44.1 Å². The van der Waals surface area contributed by atoms with E-state index in [2.05, 4.69) is 14.9 Å². The maximum atomic E-state index is 14.4. The molecule has 0 aliphatic rings. The first-order chi connectivity index (χ1) is 14.8. The number of rotatable bonds is 5. The lowest BCUT2D eigenvalue weighted by molar-refractivity contribution is -0.143. The Kier molecular flexibility index (Phi) is 6.34. The predicted octanol–water partition coefficient (Wildman–Crippen LogP) is 5.72. The molecule has 0 amide bonds. The van der Waals surface area contributed by atoms with Gasteiger partial charge in [0.05, 0.1) is 16.0 Å². The van der Waals surface area contributed by atoms with Gasteiger partial charge in [-0.25, -0.2) is 13.0 Å². The fourth-order valence-corrected chi connectivity index (χ4v) is 3.20. The topological polar surface area (TPSA) is 64.1 Å². The summed E-state index contributed by atoms with van der Waals surface area (Å²) in [7, 11) is -2.36. The molecule has 0 bridgehead atoms. The molecule has 0 saturated heterocycles. The summed E-state index contributed by atoms with van der Waals surface area (Å²) >= 11 is 0. The zero-order chi connectivity index (χ0) is 23.7. The summed E-state index contributed by atoms with van der Waals surface area (Å²) in [5.41, 5.74) is -3.40. The number of hydrogen-bond donors (Lipinski definition) is 1. The lowest BCUT2D eigenvalue weighted by Crippen LogP contribution is -2.11. The van der Waals surface area contributed by atoms with Gasteiger partial charge in [0.25, 0.3) is 0 Å². The van der Waals surface area contributed by atoms with E-state index in [0.29, 0.717) is 12.1 Å². The first-order valence-corrected chi connectivity index (χ1v) is 9.42. The molecule has 3 aromatic rings. The molecule has 5 nitrogen and oxygen atoms in total. The molecule has 0 spiro atoms. The van der Waals surface area contributed by atoms with Crippen LogP contribution in [-0.4, -0.2) is 14.4 Å². The Morgan fingerprint density at radius 2 is 1.50 bits per heavy atom. The Bertz CT molecular complexity index is 1120. The van der Waals surface area contributed by atoms with Crippen LogP contribution in [0.4, 0.5) is 40.9 Å². The van der Waals surface area contributed by atoms with Crippen LogP contribution in [0, 0.1) is 11.6 Å². The monoisotopic (exact) mass is 483 g/mol. The fourth-order valence-electron chi connectivity index (χ4n) is 2.35. The van der Waals surface area contributed by atoms with Gasteiger partial charge in [0, 0.05) is 12.3 Å². The zero-order valence-corrected chi connectivity index (χ0v) is 16.1.